The standard InChI is InChI=1S/C41H44N2O3/c1-2-4-10-23-45-32-15-16-38-37(27-32)36(17-20-42-38)41(39-25-29-18-21-43(39)28-31(29)19-24-44-22-9-3-1)46-40-26-30-11-5-6-12-33(30)34-13-7-8-14-35(34)40/h3,5-9,11-17,20,26-27,29,31,39,41H,1-2,4,10,18-19,21-25,28H2/b9-3+. The number of allylic oxidation sites excluding steroid dienone is 1. The number of aromatic nitrogens is 1. The maximum atomic E-state index is 7.39. The van der Waals surface area contributed by atoms with E-state index in [0.717, 1.165) is 92.8 Å². The van der Waals surface area contributed by atoms with Crippen LogP contribution >= 0.6 is 0 Å². The van der Waals surface area contributed by atoms with E-state index in [1.54, 1.807) is 0 Å². The summed E-state index contributed by atoms with van der Waals surface area (Å²) in [5.74, 6) is 3.20. The Bertz CT molecular complexity index is 1850. The Hall–Kier alpha value is -3.93. The molecule has 3 saturated heterocycles. The zero-order chi connectivity index (χ0) is 30.7. The van der Waals surface area contributed by atoms with E-state index in [9.17, 15) is 0 Å². The molecule has 0 aliphatic carbocycles. The van der Waals surface area contributed by atoms with Crippen molar-refractivity contribution >= 4 is 32.4 Å². The average Bonchev–Trinajstić information content (AvgIpc) is 3.11. The number of rotatable bonds is 2. The fourth-order valence-corrected chi connectivity index (χ4v) is 8.21. The van der Waals surface area contributed by atoms with Crippen molar-refractivity contribution in [3.8, 4) is 11.5 Å². The number of hydrogen-bond donors (Lipinski definition) is 0. The van der Waals surface area contributed by atoms with Crippen molar-refractivity contribution < 1.29 is 14.2 Å². The highest BCUT2D eigenvalue weighted by molar-refractivity contribution is 6.10. The van der Waals surface area contributed by atoms with Crippen LogP contribution in [-0.2, 0) is 4.74 Å². The van der Waals surface area contributed by atoms with E-state index in [1.807, 2.05) is 6.20 Å². The highest BCUT2D eigenvalue weighted by Gasteiger charge is 2.44. The van der Waals surface area contributed by atoms with Gasteiger partial charge in [0.05, 0.1) is 24.8 Å². The molecule has 4 aromatic carbocycles. The average molecular weight is 613 g/mol. The lowest BCUT2D eigenvalue weighted by Crippen LogP contribution is -2.56. The van der Waals surface area contributed by atoms with Gasteiger partial charge >= 0.3 is 0 Å². The molecule has 3 fully saturated rings. The van der Waals surface area contributed by atoms with Crippen molar-refractivity contribution in [2.75, 3.05) is 32.9 Å². The predicted octanol–water partition coefficient (Wildman–Crippen LogP) is 9.29. The van der Waals surface area contributed by atoms with E-state index in [-0.39, 0.29) is 12.1 Å². The molecule has 0 radical (unpaired) electrons. The second-order valence-electron chi connectivity index (χ2n) is 13.4. The van der Waals surface area contributed by atoms with Gasteiger partial charge in [-0.25, -0.2) is 0 Å². The number of ether oxygens (including phenoxy) is 3. The summed E-state index contributed by atoms with van der Waals surface area (Å²) in [6.45, 7) is 4.49. The van der Waals surface area contributed by atoms with E-state index in [1.165, 1.54) is 34.6 Å². The Kier molecular flexibility index (Phi) is 8.60. The second kappa shape index (κ2) is 13.4. The first-order chi connectivity index (χ1) is 22.8. The van der Waals surface area contributed by atoms with Gasteiger partial charge in [0.15, 0.2) is 0 Å². The Morgan fingerprint density at radius 1 is 0.761 bits per heavy atom. The smallest absolute Gasteiger partial charge is 0.140 e. The molecular weight excluding hydrogens is 568 g/mol. The summed E-state index contributed by atoms with van der Waals surface area (Å²) in [6, 6.07) is 28.4. The van der Waals surface area contributed by atoms with E-state index in [4.69, 9.17) is 19.2 Å². The summed E-state index contributed by atoms with van der Waals surface area (Å²) >= 11 is 0. The summed E-state index contributed by atoms with van der Waals surface area (Å²) in [6.07, 6.45) is 14.3. The number of hydrogen-bond acceptors (Lipinski definition) is 5. The first-order valence-electron chi connectivity index (χ1n) is 17.4. The molecule has 5 aromatic rings. The van der Waals surface area contributed by atoms with Gasteiger partial charge in [0.1, 0.15) is 17.6 Å². The van der Waals surface area contributed by atoms with Gasteiger partial charge in [0, 0.05) is 35.7 Å². The van der Waals surface area contributed by atoms with Crippen LogP contribution < -0.4 is 9.47 Å². The Morgan fingerprint density at radius 2 is 1.65 bits per heavy atom. The van der Waals surface area contributed by atoms with Gasteiger partial charge in [-0.05, 0) is 110 Å². The molecule has 0 N–H and O–H groups in total. The minimum atomic E-state index is -0.149. The van der Waals surface area contributed by atoms with Crippen LogP contribution in [0.25, 0.3) is 32.4 Å². The number of fused-ring (bicyclic) bond motifs is 14. The molecule has 5 aliphatic rings. The van der Waals surface area contributed by atoms with Crippen LogP contribution in [0.5, 0.6) is 11.5 Å². The molecule has 46 heavy (non-hydrogen) atoms. The topological polar surface area (TPSA) is 43.8 Å². The van der Waals surface area contributed by atoms with E-state index < -0.39 is 0 Å². The minimum Gasteiger partial charge on any atom is -0.494 e. The molecule has 5 unspecified atom stereocenters. The quantitative estimate of drug-likeness (QED) is 0.147. The maximum absolute atomic E-state index is 7.39. The number of pyridine rings is 1. The molecule has 0 amide bonds. The van der Waals surface area contributed by atoms with Gasteiger partial charge in [0.25, 0.3) is 0 Å². The molecule has 0 spiro atoms. The number of nitrogens with zero attached hydrogens (tertiary/aromatic N) is 2. The first kappa shape index (κ1) is 29.5. The lowest BCUT2D eigenvalue weighted by Gasteiger charge is -2.52. The van der Waals surface area contributed by atoms with Gasteiger partial charge in [-0.2, -0.15) is 0 Å². The lowest BCUT2D eigenvalue weighted by molar-refractivity contribution is -0.0542. The fraction of sp³-hybridized carbons (Fsp3) is 0.390. The zero-order valence-corrected chi connectivity index (χ0v) is 26.7. The monoisotopic (exact) mass is 612 g/mol. The van der Waals surface area contributed by atoms with Crippen molar-refractivity contribution in [2.24, 2.45) is 11.8 Å². The summed E-state index contributed by atoms with van der Waals surface area (Å²) in [4.78, 5) is 7.51. The molecule has 5 atom stereocenters. The largest absolute Gasteiger partial charge is 0.494 e. The van der Waals surface area contributed by atoms with Crippen LogP contribution in [0.1, 0.15) is 56.6 Å². The molecule has 5 nitrogen and oxygen atoms in total. The van der Waals surface area contributed by atoms with Crippen LogP contribution in [0.3, 0.4) is 0 Å². The number of benzene rings is 4. The van der Waals surface area contributed by atoms with Crippen molar-refractivity contribution in [1.82, 2.24) is 9.88 Å². The fourth-order valence-electron chi connectivity index (χ4n) is 8.21. The van der Waals surface area contributed by atoms with Gasteiger partial charge in [-0.3, -0.25) is 9.88 Å². The van der Waals surface area contributed by atoms with Crippen LogP contribution in [0, 0.1) is 11.8 Å². The van der Waals surface area contributed by atoms with Gasteiger partial charge < -0.3 is 14.2 Å². The first-order valence-corrected chi connectivity index (χ1v) is 17.4. The van der Waals surface area contributed by atoms with Gasteiger partial charge in [-0.15, -0.1) is 0 Å². The molecule has 5 heteroatoms. The third kappa shape index (κ3) is 5.99. The molecular formula is C41H44N2O3. The van der Waals surface area contributed by atoms with Gasteiger partial charge in [-0.1, -0.05) is 60.7 Å². The van der Waals surface area contributed by atoms with Crippen molar-refractivity contribution in [3.63, 3.8) is 0 Å². The zero-order valence-electron chi connectivity index (χ0n) is 26.7. The van der Waals surface area contributed by atoms with Crippen LogP contribution in [0.2, 0.25) is 0 Å². The summed E-state index contributed by atoms with van der Waals surface area (Å²) in [7, 11) is 0. The van der Waals surface area contributed by atoms with Crippen molar-refractivity contribution in [2.45, 2.75) is 57.1 Å². The van der Waals surface area contributed by atoms with E-state index >= 15 is 0 Å². The summed E-state index contributed by atoms with van der Waals surface area (Å²) in [5.41, 5.74) is 2.18. The Balaban J connectivity index is 1.21. The minimum absolute atomic E-state index is 0.149. The van der Waals surface area contributed by atoms with Crippen molar-refractivity contribution in [1.29, 1.82) is 0 Å². The maximum Gasteiger partial charge on any atom is 0.140 e. The van der Waals surface area contributed by atoms with Crippen LogP contribution in [0.4, 0.5) is 0 Å². The molecule has 6 bridgehead atoms. The predicted molar refractivity (Wildman–Crippen MR) is 187 cm³/mol. The number of piperidine rings is 3. The van der Waals surface area contributed by atoms with E-state index in [2.05, 4.69) is 95.9 Å². The van der Waals surface area contributed by atoms with Gasteiger partial charge in [0.2, 0.25) is 0 Å². The normalized spacial score (nSPS) is 26.6. The third-order valence-corrected chi connectivity index (χ3v) is 10.6. The molecule has 236 valence electrons. The molecule has 6 heterocycles. The highest BCUT2D eigenvalue weighted by atomic mass is 16.5. The van der Waals surface area contributed by atoms with Crippen LogP contribution in [-0.4, -0.2) is 48.8 Å². The molecule has 0 saturated carbocycles. The van der Waals surface area contributed by atoms with Crippen molar-refractivity contribution in [3.05, 3.63) is 103 Å². The SMILES string of the molecule is C1=C/COCCC2CN3CCC2CC3C(Oc2cc3ccccc3c3ccccc23)c2ccnc3ccc(cc23)OCCCCC/1. The molecule has 1 aromatic heterocycles. The molecule has 5 aliphatic heterocycles. The second-order valence-corrected chi connectivity index (χ2v) is 13.4. The highest BCUT2D eigenvalue weighted by Crippen LogP contribution is 2.46. The van der Waals surface area contributed by atoms with E-state index in [0.29, 0.717) is 11.8 Å². The van der Waals surface area contributed by atoms with Crippen LogP contribution in [0.15, 0.2) is 97.2 Å². The Labute approximate surface area is 272 Å². The summed E-state index contributed by atoms with van der Waals surface area (Å²) in [5, 5.41) is 5.97. The molecule has 10 rings (SSSR count). The Morgan fingerprint density at radius 3 is 2.57 bits per heavy atom. The summed E-state index contributed by atoms with van der Waals surface area (Å²) < 4.78 is 19.8. The third-order valence-electron chi connectivity index (χ3n) is 10.6. The lowest BCUT2D eigenvalue weighted by atomic mass is 9.72.